The monoisotopic (exact) mass is 247 g/mol. The van der Waals surface area contributed by atoms with Crippen LogP contribution in [0.1, 0.15) is 12.8 Å². The summed E-state index contributed by atoms with van der Waals surface area (Å²) >= 11 is 0. The maximum atomic E-state index is 5.85. The molecule has 2 fully saturated rings. The van der Waals surface area contributed by atoms with Gasteiger partial charge in [0, 0.05) is 45.1 Å². The Morgan fingerprint density at radius 3 is 2.33 bits per heavy atom. The normalized spacial score (nSPS) is 23.1. The second-order valence-corrected chi connectivity index (χ2v) is 5.52. The highest BCUT2D eigenvalue weighted by molar-refractivity contribution is 5.29. The van der Waals surface area contributed by atoms with Gasteiger partial charge < -0.3 is 10.6 Å². The van der Waals surface area contributed by atoms with Gasteiger partial charge in [-0.25, -0.2) is 9.97 Å². The van der Waals surface area contributed by atoms with E-state index in [-0.39, 0.29) is 0 Å². The van der Waals surface area contributed by atoms with Crippen LogP contribution < -0.4 is 10.6 Å². The zero-order valence-corrected chi connectivity index (χ0v) is 10.8. The van der Waals surface area contributed by atoms with Crippen molar-refractivity contribution in [2.24, 2.45) is 11.1 Å². The molecule has 1 aromatic heterocycles. The molecule has 1 aliphatic heterocycles. The van der Waals surface area contributed by atoms with Gasteiger partial charge in [0.25, 0.3) is 0 Å². The number of nitrogens with two attached hydrogens (primary N) is 1. The summed E-state index contributed by atoms with van der Waals surface area (Å²) in [5.41, 5.74) is 6.30. The molecule has 0 spiro atoms. The van der Waals surface area contributed by atoms with Crippen molar-refractivity contribution >= 4 is 5.95 Å². The van der Waals surface area contributed by atoms with E-state index < -0.39 is 0 Å². The topological polar surface area (TPSA) is 58.3 Å². The minimum Gasteiger partial charge on any atom is -0.338 e. The van der Waals surface area contributed by atoms with Crippen LogP contribution in [0.3, 0.4) is 0 Å². The molecule has 0 atom stereocenters. The van der Waals surface area contributed by atoms with E-state index in [1.165, 1.54) is 19.4 Å². The molecule has 2 aliphatic rings. The lowest BCUT2D eigenvalue weighted by Gasteiger charge is -2.36. The van der Waals surface area contributed by atoms with Gasteiger partial charge in [-0.05, 0) is 30.9 Å². The van der Waals surface area contributed by atoms with Gasteiger partial charge in [0.1, 0.15) is 0 Å². The third-order valence-corrected chi connectivity index (χ3v) is 4.16. The number of piperazine rings is 1. The zero-order valence-electron chi connectivity index (χ0n) is 10.8. The molecule has 1 aromatic rings. The lowest BCUT2D eigenvalue weighted by molar-refractivity contribution is 0.210. The molecule has 0 unspecified atom stereocenters. The molecule has 0 aromatic carbocycles. The molecule has 0 radical (unpaired) electrons. The molecule has 1 aliphatic carbocycles. The van der Waals surface area contributed by atoms with Crippen LogP contribution in [0, 0.1) is 5.41 Å². The Hall–Kier alpha value is -1.20. The third kappa shape index (κ3) is 2.47. The Morgan fingerprint density at radius 1 is 1.11 bits per heavy atom. The highest BCUT2D eigenvalue weighted by Crippen LogP contribution is 2.45. The predicted molar refractivity (Wildman–Crippen MR) is 71.4 cm³/mol. The average molecular weight is 247 g/mol. The fraction of sp³-hybridized carbons (Fsp3) is 0.692. The number of rotatable bonds is 4. The fourth-order valence-electron chi connectivity index (χ4n) is 2.64. The van der Waals surface area contributed by atoms with E-state index in [4.69, 9.17) is 5.73 Å². The van der Waals surface area contributed by atoms with Crippen molar-refractivity contribution in [3.8, 4) is 0 Å². The van der Waals surface area contributed by atoms with Crippen LogP contribution in [-0.2, 0) is 0 Å². The summed E-state index contributed by atoms with van der Waals surface area (Å²) in [5.74, 6) is 0.858. The molecule has 18 heavy (non-hydrogen) atoms. The summed E-state index contributed by atoms with van der Waals surface area (Å²) in [7, 11) is 0. The number of hydrogen-bond donors (Lipinski definition) is 1. The molecule has 0 amide bonds. The highest BCUT2D eigenvalue weighted by Gasteiger charge is 2.42. The van der Waals surface area contributed by atoms with E-state index in [1.54, 1.807) is 0 Å². The minimum atomic E-state index is 0.450. The summed E-state index contributed by atoms with van der Waals surface area (Å²) in [6.45, 7) is 6.25. The van der Waals surface area contributed by atoms with E-state index in [9.17, 15) is 0 Å². The minimum absolute atomic E-state index is 0.450. The summed E-state index contributed by atoms with van der Waals surface area (Å²) in [6.07, 6.45) is 6.24. The third-order valence-electron chi connectivity index (χ3n) is 4.16. The Bertz CT molecular complexity index is 382. The molecule has 5 nitrogen and oxygen atoms in total. The van der Waals surface area contributed by atoms with E-state index in [1.807, 2.05) is 18.5 Å². The van der Waals surface area contributed by atoms with E-state index in [0.717, 1.165) is 38.7 Å². The van der Waals surface area contributed by atoms with Gasteiger partial charge in [0.15, 0.2) is 0 Å². The summed E-state index contributed by atoms with van der Waals surface area (Å²) in [4.78, 5) is 13.4. The average Bonchev–Trinajstić information content (AvgIpc) is 3.21. The van der Waals surface area contributed by atoms with Gasteiger partial charge in [-0.2, -0.15) is 0 Å². The van der Waals surface area contributed by atoms with Crippen LogP contribution in [0.15, 0.2) is 18.5 Å². The van der Waals surface area contributed by atoms with Gasteiger partial charge >= 0.3 is 0 Å². The molecular weight excluding hydrogens is 226 g/mol. The van der Waals surface area contributed by atoms with Crippen molar-refractivity contribution in [1.29, 1.82) is 0 Å². The van der Waals surface area contributed by atoms with Crippen molar-refractivity contribution in [3.05, 3.63) is 18.5 Å². The molecule has 5 heteroatoms. The van der Waals surface area contributed by atoms with Gasteiger partial charge in [-0.15, -0.1) is 0 Å². The fourth-order valence-corrected chi connectivity index (χ4v) is 2.64. The number of hydrogen-bond acceptors (Lipinski definition) is 5. The Labute approximate surface area is 108 Å². The highest BCUT2D eigenvalue weighted by atomic mass is 15.3. The first kappa shape index (κ1) is 11.9. The van der Waals surface area contributed by atoms with Gasteiger partial charge in [-0.3, -0.25) is 4.90 Å². The number of anilines is 1. The molecule has 1 saturated heterocycles. The van der Waals surface area contributed by atoms with Crippen LogP contribution in [0.25, 0.3) is 0 Å². The van der Waals surface area contributed by atoms with Crippen LogP contribution in [0.4, 0.5) is 5.95 Å². The first-order chi connectivity index (χ1) is 8.81. The first-order valence-corrected chi connectivity index (χ1v) is 6.76. The zero-order chi connectivity index (χ0) is 12.4. The molecule has 1 saturated carbocycles. The SMILES string of the molecule is NCC1(CN2CCN(c3ncccn3)CC2)CC1. The van der Waals surface area contributed by atoms with Crippen LogP contribution in [0.5, 0.6) is 0 Å². The van der Waals surface area contributed by atoms with E-state index >= 15 is 0 Å². The molecule has 2 N–H and O–H groups in total. The predicted octanol–water partition coefficient (Wildman–Crippen LogP) is 0.337. The standard InChI is InChI=1S/C13H21N5/c14-10-13(2-3-13)11-17-6-8-18(9-7-17)12-15-4-1-5-16-12/h1,4-5H,2-3,6-11,14H2. The summed E-state index contributed by atoms with van der Waals surface area (Å²) < 4.78 is 0. The van der Waals surface area contributed by atoms with Crippen molar-refractivity contribution in [3.63, 3.8) is 0 Å². The Kier molecular flexibility index (Phi) is 3.18. The Morgan fingerprint density at radius 2 is 1.78 bits per heavy atom. The van der Waals surface area contributed by atoms with Crippen molar-refractivity contribution in [1.82, 2.24) is 14.9 Å². The van der Waals surface area contributed by atoms with Gasteiger partial charge in [0.2, 0.25) is 5.95 Å². The Balaban J connectivity index is 1.52. The molecule has 98 valence electrons. The molecule has 0 bridgehead atoms. The lowest BCUT2D eigenvalue weighted by atomic mass is 10.1. The second kappa shape index (κ2) is 4.82. The van der Waals surface area contributed by atoms with Crippen LogP contribution in [0.2, 0.25) is 0 Å². The van der Waals surface area contributed by atoms with Crippen LogP contribution >= 0.6 is 0 Å². The van der Waals surface area contributed by atoms with Crippen molar-refractivity contribution in [2.75, 3.05) is 44.2 Å². The van der Waals surface area contributed by atoms with Crippen LogP contribution in [-0.4, -0.2) is 54.1 Å². The van der Waals surface area contributed by atoms with Crippen molar-refractivity contribution < 1.29 is 0 Å². The lowest BCUT2D eigenvalue weighted by Crippen LogP contribution is -2.49. The second-order valence-electron chi connectivity index (χ2n) is 5.52. The maximum Gasteiger partial charge on any atom is 0.225 e. The summed E-state index contributed by atoms with van der Waals surface area (Å²) in [5, 5.41) is 0. The van der Waals surface area contributed by atoms with Crippen molar-refractivity contribution in [2.45, 2.75) is 12.8 Å². The van der Waals surface area contributed by atoms with Gasteiger partial charge in [-0.1, -0.05) is 0 Å². The summed E-state index contributed by atoms with van der Waals surface area (Å²) in [6, 6.07) is 1.86. The molecule has 3 rings (SSSR count). The van der Waals surface area contributed by atoms with E-state index in [0.29, 0.717) is 5.41 Å². The molecular formula is C13H21N5. The number of aromatic nitrogens is 2. The first-order valence-electron chi connectivity index (χ1n) is 6.76. The van der Waals surface area contributed by atoms with E-state index in [2.05, 4.69) is 19.8 Å². The smallest absolute Gasteiger partial charge is 0.225 e. The maximum absolute atomic E-state index is 5.85. The molecule has 2 heterocycles. The quantitative estimate of drug-likeness (QED) is 0.831. The number of nitrogens with zero attached hydrogens (tertiary/aromatic N) is 4. The van der Waals surface area contributed by atoms with Gasteiger partial charge in [0.05, 0.1) is 0 Å². The largest absolute Gasteiger partial charge is 0.338 e.